The molecular weight excluding hydrogens is 466 g/mol. The molecule has 13 atom stereocenters. The maximum atomic E-state index is 13.1. The van der Waals surface area contributed by atoms with Crippen molar-refractivity contribution < 1.29 is 38.7 Å². The number of piperidine rings is 1. The molecule has 0 aromatic carbocycles. The van der Waals surface area contributed by atoms with E-state index in [-0.39, 0.29) is 53.8 Å². The number of aliphatic hydroxyl groups is 2. The molecule has 6 aliphatic rings. The molecule has 204 valence electrons. The number of nitrogens with zero attached hydrogens (tertiary/aromatic N) is 1. The van der Waals surface area contributed by atoms with E-state index in [9.17, 15) is 15.0 Å². The third-order valence-corrected chi connectivity index (χ3v) is 11.8. The van der Waals surface area contributed by atoms with Gasteiger partial charge in [0, 0.05) is 76.9 Å². The minimum absolute atomic E-state index is 0.0248. The number of fused-ring (bicyclic) bond motifs is 2. The zero-order chi connectivity index (χ0) is 25.8. The summed E-state index contributed by atoms with van der Waals surface area (Å²) in [6.07, 6.45) is 1.20. The second-order valence-electron chi connectivity index (χ2n) is 12.5. The molecular formula is C27H43NO8. The molecule has 1 spiro atoms. The summed E-state index contributed by atoms with van der Waals surface area (Å²) in [7, 11) is 6.83. The third kappa shape index (κ3) is 2.55. The lowest BCUT2D eigenvalue weighted by Gasteiger charge is -2.70. The highest BCUT2D eigenvalue weighted by atomic mass is 16.6. The first-order valence-electron chi connectivity index (χ1n) is 13.6. The lowest BCUT2D eigenvalue weighted by atomic mass is 9.42. The van der Waals surface area contributed by atoms with Crippen LogP contribution in [-0.4, -0.2) is 111 Å². The summed E-state index contributed by atoms with van der Waals surface area (Å²) in [4.78, 5) is 14.7. The lowest BCUT2D eigenvalue weighted by molar-refractivity contribution is -0.319. The molecule has 4 unspecified atom stereocenters. The van der Waals surface area contributed by atoms with Gasteiger partial charge in [-0.2, -0.15) is 0 Å². The molecule has 1 heterocycles. The molecule has 2 N–H and O–H groups in total. The second-order valence-corrected chi connectivity index (χ2v) is 12.5. The Kier molecular flexibility index (Phi) is 5.73. The smallest absolute Gasteiger partial charge is 0.302 e. The van der Waals surface area contributed by atoms with Gasteiger partial charge in [0.1, 0.15) is 17.3 Å². The fraction of sp³-hybridized carbons (Fsp3) is 0.963. The first kappa shape index (κ1) is 25.5. The molecule has 0 amide bonds. The largest absolute Gasteiger partial charge is 0.462 e. The van der Waals surface area contributed by atoms with E-state index in [1.54, 1.807) is 28.4 Å². The van der Waals surface area contributed by atoms with E-state index in [4.69, 9.17) is 23.7 Å². The van der Waals surface area contributed by atoms with Crippen molar-refractivity contribution in [2.24, 2.45) is 34.5 Å². The standard InChI is InChI=1S/C27H43NO8/c1-7-28-12-24(13-32-3)9-8-18(34-5)26-16-10-15-17(33-4)11-25(30,19(16)20(15)36-14(2)29)27(31,23(26)28)22(35-6)21(24)26/h15-23,30-31H,7-13H2,1-6H3/t15-,16?,17+,18-,19?,20+,21?,22-,23?,24+,25-,26+,27-/m0/s1. The highest BCUT2D eigenvalue weighted by Gasteiger charge is 2.91. The molecule has 6 rings (SSSR count). The summed E-state index contributed by atoms with van der Waals surface area (Å²) in [6, 6.07) is -0.348. The molecule has 1 aliphatic heterocycles. The van der Waals surface area contributed by atoms with Crippen molar-refractivity contribution in [3.63, 3.8) is 0 Å². The zero-order valence-corrected chi connectivity index (χ0v) is 22.4. The van der Waals surface area contributed by atoms with Gasteiger partial charge >= 0.3 is 5.97 Å². The van der Waals surface area contributed by atoms with Crippen molar-refractivity contribution >= 4 is 5.97 Å². The van der Waals surface area contributed by atoms with Gasteiger partial charge < -0.3 is 33.9 Å². The number of likely N-dealkylation sites (tertiary alicyclic amines) is 1. The molecule has 0 radical (unpaired) electrons. The van der Waals surface area contributed by atoms with E-state index in [0.29, 0.717) is 6.61 Å². The van der Waals surface area contributed by atoms with Crippen LogP contribution in [0, 0.1) is 34.5 Å². The predicted molar refractivity (Wildman–Crippen MR) is 128 cm³/mol. The minimum atomic E-state index is -1.59. The molecule has 7 bridgehead atoms. The van der Waals surface area contributed by atoms with Crippen LogP contribution in [0.5, 0.6) is 0 Å². The Morgan fingerprint density at radius 2 is 1.86 bits per heavy atom. The van der Waals surface area contributed by atoms with Crippen molar-refractivity contribution in [2.45, 2.75) is 81.2 Å². The molecule has 5 aliphatic carbocycles. The highest BCUT2D eigenvalue weighted by molar-refractivity contribution is 5.66. The molecule has 9 nitrogen and oxygen atoms in total. The fourth-order valence-corrected chi connectivity index (χ4v) is 11.3. The van der Waals surface area contributed by atoms with Gasteiger partial charge in [-0.05, 0) is 31.7 Å². The number of carbonyl (C=O) groups is 1. The summed E-state index contributed by atoms with van der Waals surface area (Å²) in [6.45, 7) is 5.62. The Hall–Kier alpha value is -0.810. The van der Waals surface area contributed by atoms with E-state index >= 15 is 0 Å². The maximum absolute atomic E-state index is 13.1. The number of rotatable bonds is 7. The van der Waals surface area contributed by atoms with E-state index in [1.165, 1.54) is 6.92 Å². The van der Waals surface area contributed by atoms with Crippen LogP contribution in [0.2, 0.25) is 0 Å². The number of ether oxygens (including phenoxy) is 5. The van der Waals surface area contributed by atoms with Crippen molar-refractivity contribution in [3.8, 4) is 0 Å². The molecule has 0 aromatic rings. The van der Waals surface area contributed by atoms with Crippen LogP contribution in [-0.2, 0) is 28.5 Å². The molecule has 1 saturated heterocycles. The van der Waals surface area contributed by atoms with Gasteiger partial charge in [0.05, 0.1) is 31.0 Å². The van der Waals surface area contributed by atoms with Crippen LogP contribution in [0.25, 0.3) is 0 Å². The molecule has 6 fully saturated rings. The topological polar surface area (TPSA) is 107 Å². The minimum Gasteiger partial charge on any atom is -0.462 e. The van der Waals surface area contributed by atoms with Gasteiger partial charge in [0.25, 0.3) is 0 Å². The third-order valence-electron chi connectivity index (χ3n) is 11.8. The Balaban J connectivity index is 1.66. The summed E-state index contributed by atoms with van der Waals surface area (Å²) >= 11 is 0. The average molecular weight is 510 g/mol. The first-order chi connectivity index (χ1) is 17.2. The van der Waals surface area contributed by atoms with Crippen molar-refractivity contribution in [3.05, 3.63) is 0 Å². The van der Waals surface area contributed by atoms with Crippen LogP contribution in [0.15, 0.2) is 0 Å². The van der Waals surface area contributed by atoms with Crippen LogP contribution < -0.4 is 0 Å². The van der Waals surface area contributed by atoms with Gasteiger partial charge in [-0.3, -0.25) is 9.69 Å². The van der Waals surface area contributed by atoms with Crippen LogP contribution >= 0.6 is 0 Å². The van der Waals surface area contributed by atoms with Gasteiger partial charge in [-0.25, -0.2) is 0 Å². The normalized spacial score (nSPS) is 56.6. The lowest BCUT2D eigenvalue weighted by Crippen LogP contribution is -2.82. The van der Waals surface area contributed by atoms with Crippen LogP contribution in [0.1, 0.15) is 39.5 Å². The second kappa shape index (κ2) is 8.10. The van der Waals surface area contributed by atoms with Crippen LogP contribution in [0.4, 0.5) is 0 Å². The molecule has 36 heavy (non-hydrogen) atoms. The first-order valence-corrected chi connectivity index (χ1v) is 13.6. The van der Waals surface area contributed by atoms with Gasteiger partial charge in [0.2, 0.25) is 0 Å². The van der Waals surface area contributed by atoms with Crippen molar-refractivity contribution in [1.82, 2.24) is 4.90 Å². The maximum Gasteiger partial charge on any atom is 0.302 e. The number of hydrogen-bond acceptors (Lipinski definition) is 9. The van der Waals surface area contributed by atoms with Crippen molar-refractivity contribution in [1.29, 1.82) is 0 Å². The van der Waals surface area contributed by atoms with E-state index in [2.05, 4.69) is 11.8 Å². The quantitative estimate of drug-likeness (QED) is 0.483. The van der Waals surface area contributed by atoms with Gasteiger partial charge in [-0.15, -0.1) is 0 Å². The monoisotopic (exact) mass is 509 g/mol. The number of carbonyl (C=O) groups excluding carboxylic acids is 1. The van der Waals surface area contributed by atoms with E-state index < -0.39 is 34.7 Å². The number of likely N-dealkylation sites (N-methyl/N-ethyl adjacent to an activating group) is 1. The van der Waals surface area contributed by atoms with Crippen LogP contribution in [0.3, 0.4) is 0 Å². The number of hydrogen-bond donors (Lipinski definition) is 2. The summed E-state index contributed by atoms with van der Waals surface area (Å²) in [5, 5.41) is 26.0. The summed E-state index contributed by atoms with van der Waals surface area (Å²) in [5.74, 6) is -0.924. The van der Waals surface area contributed by atoms with E-state index in [0.717, 1.165) is 32.4 Å². The Labute approximate surface area is 213 Å². The molecule has 0 aromatic heterocycles. The van der Waals surface area contributed by atoms with Crippen molar-refractivity contribution in [2.75, 3.05) is 48.1 Å². The summed E-state index contributed by atoms with van der Waals surface area (Å²) < 4.78 is 30.5. The Bertz CT molecular complexity index is 918. The highest BCUT2D eigenvalue weighted by Crippen LogP contribution is 2.80. The SMILES string of the molecule is CCN1C[C@@]2(COC)CC[C@H](OC)[C@@]34C5C[C@H]6[C@H](OC)C[C@](O)(C5[C@@H]6OC(C)=O)[C@@](O)(C13)[C@@H](OC)C24. The Morgan fingerprint density at radius 3 is 2.44 bits per heavy atom. The predicted octanol–water partition coefficient (Wildman–Crippen LogP) is 0.842. The zero-order valence-electron chi connectivity index (χ0n) is 22.4. The number of methoxy groups -OCH3 is 4. The number of esters is 1. The van der Waals surface area contributed by atoms with E-state index in [1.807, 2.05) is 0 Å². The van der Waals surface area contributed by atoms with Gasteiger partial charge in [-0.1, -0.05) is 6.92 Å². The molecule has 9 heteroatoms. The summed E-state index contributed by atoms with van der Waals surface area (Å²) in [5.41, 5.74) is -3.87. The Morgan fingerprint density at radius 1 is 1.11 bits per heavy atom. The molecule has 5 saturated carbocycles. The average Bonchev–Trinajstić information content (AvgIpc) is 3.23. The fourth-order valence-electron chi connectivity index (χ4n) is 11.3. The van der Waals surface area contributed by atoms with Gasteiger partial charge in [0.15, 0.2) is 0 Å².